The molecule has 0 fully saturated rings. The van der Waals surface area contributed by atoms with Crippen molar-refractivity contribution in [3.05, 3.63) is 47.4 Å². The summed E-state index contributed by atoms with van der Waals surface area (Å²) in [6.45, 7) is 8.19. The number of hydrogen-bond donors (Lipinski definition) is 1. The van der Waals surface area contributed by atoms with Gasteiger partial charge in [-0.25, -0.2) is 0 Å². The molecule has 2 aromatic rings. The van der Waals surface area contributed by atoms with Gasteiger partial charge in [0.25, 0.3) is 0 Å². The van der Waals surface area contributed by atoms with E-state index in [2.05, 4.69) is 4.90 Å². The van der Waals surface area contributed by atoms with Crippen molar-refractivity contribution in [1.82, 2.24) is 4.90 Å². The van der Waals surface area contributed by atoms with Crippen LogP contribution in [0.2, 0.25) is 0 Å². The van der Waals surface area contributed by atoms with Crippen LogP contribution in [0.15, 0.2) is 34.7 Å². The number of ether oxygens (including phenoxy) is 3. The first-order valence-electron chi connectivity index (χ1n) is 8.95. The lowest BCUT2D eigenvalue weighted by Gasteiger charge is -2.25. The van der Waals surface area contributed by atoms with Gasteiger partial charge in [-0.05, 0) is 50.6 Å². The van der Waals surface area contributed by atoms with Crippen LogP contribution in [0.25, 0.3) is 0 Å². The van der Waals surface area contributed by atoms with Crippen molar-refractivity contribution in [2.45, 2.75) is 46.1 Å². The molecule has 0 amide bonds. The van der Waals surface area contributed by atoms with Crippen molar-refractivity contribution in [3.8, 4) is 11.5 Å². The Morgan fingerprint density at radius 2 is 1.92 bits per heavy atom. The van der Waals surface area contributed by atoms with Gasteiger partial charge in [-0.3, -0.25) is 4.90 Å². The first-order chi connectivity index (χ1) is 12.5. The van der Waals surface area contributed by atoms with Crippen LogP contribution in [0.3, 0.4) is 0 Å². The van der Waals surface area contributed by atoms with Gasteiger partial charge < -0.3 is 23.7 Å². The zero-order chi connectivity index (χ0) is 18.5. The Labute approximate surface area is 154 Å². The zero-order valence-electron chi connectivity index (χ0n) is 15.6. The van der Waals surface area contributed by atoms with Gasteiger partial charge in [0, 0.05) is 13.1 Å². The normalized spacial score (nSPS) is 14.4. The van der Waals surface area contributed by atoms with E-state index >= 15 is 0 Å². The van der Waals surface area contributed by atoms with Crippen molar-refractivity contribution in [2.24, 2.45) is 0 Å². The van der Waals surface area contributed by atoms with Crippen LogP contribution in [0.4, 0.5) is 0 Å². The van der Waals surface area contributed by atoms with Gasteiger partial charge in [0.15, 0.2) is 11.5 Å². The molecule has 6 heteroatoms. The molecule has 26 heavy (non-hydrogen) atoms. The Morgan fingerprint density at radius 3 is 2.65 bits per heavy atom. The van der Waals surface area contributed by atoms with Crippen LogP contribution in [0.1, 0.15) is 30.9 Å². The summed E-state index contributed by atoms with van der Waals surface area (Å²) >= 11 is 0. The number of furan rings is 1. The average Bonchev–Trinajstić information content (AvgIpc) is 3.21. The number of fused-ring (bicyclic) bond motifs is 1. The van der Waals surface area contributed by atoms with Crippen LogP contribution in [-0.4, -0.2) is 42.2 Å². The second kappa shape index (κ2) is 8.58. The van der Waals surface area contributed by atoms with Crippen LogP contribution in [0, 0.1) is 6.92 Å². The van der Waals surface area contributed by atoms with Gasteiger partial charge in [0.05, 0.1) is 25.4 Å². The van der Waals surface area contributed by atoms with Gasteiger partial charge in [0.2, 0.25) is 6.79 Å². The minimum absolute atomic E-state index is 0.0969. The predicted octanol–water partition coefficient (Wildman–Crippen LogP) is 3.10. The third-order valence-corrected chi connectivity index (χ3v) is 4.11. The molecule has 142 valence electrons. The van der Waals surface area contributed by atoms with Crippen molar-refractivity contribution in [3.63, 3.8) is 0 Å². The molecule has 1 aromatic heterocycles. The quantitative estimate of drug-likeness (QED) is 0.740. The Morgan fingerprint density at radius 1 is 1.12 bits per heavy atom. The molecule has 6 nitrogen and oxygen atoms in total. The van der Waals surface area contributed by atoms with E-state index in [-0.39, 0.29) is 12.9 Å². The second-order valence-corrected chi connectivity index (χ2v) is 6.91. The monoisotopic (exact) mass is 361 g/mol. The molecule has 3 rings (SSSR count). The molecular weight excluding hydrogens is 334 g/mol. The lowest BCUT2D eigenvalue weighted by Crippen LogP contribution is -2.34. The second-order valence-electron chi connectivity index (χ2n) is 6.91. The highest BCUT2D eigenvalue weighted by Gasteiger charge is 2.18. The van der Waals surface area contributed by atoms with E-state index in [1.807, 2.05) is 51.1 Å². The number of benzene rings is 1. The molecule has 0 saturated heterocycles. The Bertz CT molecular complexity index is 712. The Hall–Kier alpha value is -2.02. The fraction of sp³-hybridized carbons (Fsp3) is 0.500. The van der Waals surface area contributed by atoms with Crippen molar-refractivity contribution < 1.29 is 23.7 Å². The summed E-state index contributed by atoms with van der Waals surface area (Å²) in [6, 6.07) is 9.85. The summed E-state index contributed by atoms with van der Waals surface area (Å²) in [5.74, 6) is 3.29. The molecule has 0 spiro atoms. The summed E-state index contributed by atoms with van der Waals surface area (Å²) < 4.78 is 22.1. The topological polar surface area (TPSA) is 64.3 Å². The third kappa shape index (κ3) is 5.24. The molecule has 1 aliphatic rings. The average molecular weight is 361 g/mol. The summed E-state index contributed by atoms with van der Waals surface area (Å²) in [7, 11) is 0. The lowest BCUT2D eigenvalue weighted by atomic mass is 10.1. The summed E-state index contributed by atoms with van der Waals surface area (Å²) in [5.41, 5.74) is 1.09. The van der Waals surface area contributed by atoms with E-state index in [0.29, 0.717) is 26.2 Å². The first-order valence-corrected chi connectivity index (χ1v) is 8.95. The van der Waals surface area contributed by atoms with E-state index in [9.17, 15) is 5.11 Å². The minimum atomic E-state index is -0.567. The van der Waals surface area contributed by atoms with Crippen LogP contribution >= 0.6 is 0 Å². The molecule has 2 heterocycles. The Balaban J connectivity index is 1.67. The van der Waals surface area contributed by atoms with E-state index in [1.165, 1.54) is 0 Å². The minimum Gasteiger partial charge on any atom is -0.465 e. The van der Waals surface area contributed by atoms with Gasteiger partial charge in [-0.1, -0.05) is 6.07 Å². The van der Waals surface area contributed by atoms with Crippen molar-refractivity contribution >= 4 is 0 Å². The Kier molecular flexibility index (Phi) is 6.19. The fourth-order valence-corrected chi connectivity index (χ4v) is 2.93. The molecule has 1 aliphatic heterocycles. The standard InChI is InChI=1S/C20H27NO5/c1-14(2)23-12-17(22)10-21(11-18-6-4-15(3)26-18)9-16-5-7-19-20(8-16)25-13-24-19/h4-8,14,17,22H,9-13H2,1-3H3. The predicted molar refractivity (Wildman–Crippen MR) is 97.2 cm³/mol. The maximum Gasteiger partial charge on any atom is 0.231 e. The maximum absolute atomic E-state index is 10.3. The highest BCUT2D eigenvalue weighted by atomic mass is 16.7. The molecular formula is C20H27NO5. The smallest absolute Gasteiger partial charge is 0.231 e. The van der Waals surface area contributed by atoms with Gasteiger partial charge in [-0.2, -0.15) is 0 Å². The molecule has 0 radical (unpaired) electrons. The number of hydrogen-bond acceptors (Lipinski definition) is 6. The maximum atomic E-state index is 10.3. The third-order valence-electron chi connectivity index (χ3n) is 4.11. The number of aliphatic hydroxyl groups is 1. The fourth-order valence-electron chi connectivity index (χ4n) is 2.93. The van der Waals surface area contributed by atoms with E-state index in [0.717, 1.165) is 28.6 Å². The molecule has 0 bridgehead atoms. The van der Waals surface area contributed by atoms with Crippen molar-refractivity contribution in [1.29, 1.82) is 0 Å². The summed E-state index contributed by atoms with van der Waals surface area (Å²) in [4.78, 5) is 2.14. The summed E-state index contributed by atoms with van der Waals surface area (Å²) in [5, 5.41) is 10.3. The molecule has 1 atom stereocenters. The number of rotatable bonds is 9. The van der Waals surface area contributed by atoms with Crippen LogP contribution in [0.5, 0.6) is 11.5 Å². The molecule has 1 unspecified atom stereocenters. The molecule has 0 saturated carbocycles. The van der Waals surface area contributed by atoms with E-state index in [4.69, 9.17) is 18.6 Å². The molecule has 1 N–H and O–H groups in total. The first kappa shape index (κ1) is 18.8. The van der Waals surface area contributed by atoms with Gasteiger partial charge in [0.1, 0.15) is 11.5 Å². The van der Waals surface area contributed by atoms with Gasteiger partial charge in [-0.15, -0.1) is 0 Å². The van der Waals surface area contributed by atoms with Crippen LogP contribution in [-0.2, 0) is 17.8 Å². The zero-order valence-corrected chi connectivity index (χ0v) is 15.6. The number of nitrogens with zero attached hydrogens (tertiary/aromatic N) is 1. The molecule has 1 aromatic carbocycles. The SMILES string of the molecule is Cc1ccc(CN(Cc2ccc3c(c2)OCO3)CC(O)COC(C)C)o1. The largest absolute Gasteiger partial charge is 0.465 e. The molecule has 0 aliphatic carbocycles. The van der Waals surface area contributed by atoms with Gasteiger partial charge >= 0.3 is 0 Å². The van der Waals surface area contributed by atoms with Crippen molar-refractivity contribution in [2.75, 3.05) is 19.9 Å². The lowest BCUT2D eigenvalue weighted by molar-refractivity contribution is -0.0114. The highest BCUT2D eigenvalue weighted by molar-refractivity contribution is 5.44. The van der Waals surface area contributed by atoms with Crippen LogP contribution < -0.4 is 9.47 Å². The highest BCUT2D eigenvalue weighted by Crippen LogP contribution is 2.33. The number of aryl methyl sites for hydroxylation is 1. The summed E-state index contributed by atoms with van der Waals surface area (Å²) in [6.07, 6.45) is -0.470. The number of aliphatic hydroxyl groups excluding tert-OH is 1. The van der Waals surface area contributed by atoms with E-state index < -0.39 is 6.10 Å². The van der Waals surface area contributed by atoms with E-state index in [1.54, 1.807) is 0 Å².